The highest BCUT2D eigenvalue weighted by Gasteiger charge is 2.30. The molecule has 4 aromatic rings. The van der Waals surface area contributed by atoms with Gasteiger partial charge < -0.3 is 10.3 Å². The maximum atomic E-state index is 13.3. The van der Waals surface area contributed by atoms with Gasteiger partial charge in [0, 0.05) is 54.6 Å². The number of nitrogens with zero attached hydrogens (tertiary/aromatic N) is 7. The monoisotopic (exact) mass is 443 g/mol. The first-order valence-corrected chi connectivity index (χ1v) is 10.5. The number of nitrogens with two attached hydrogens (primary N) is 1. The Balaban J connectivity index is 1.82. The molecular formula is C23H23N8O2+. The first-order chi connectivity index (χ1) is 15.8. The largest absolute Gasteiger partial charge is 0.369 e. The van der Waals surface area contributed by atoms with Crippen LogP contribution in [0.2, 0.25) is 0 Å². The van der Waals surface area contributed by atoms with Crippen molar-refractivity contribution in [2.75, 3.05) is 5.73 Å². The van der Waals surface area contributed by atoms with Gasteiger partial charge >= 0.3 is 5.69 Å². The van der Waals surface area contributed by atoms with Crippen LogP contribution in [0.5, 0.6) is 0 Å². The van der Waals surface area contributed by atoms with Crippen LogP contribution in [-0.2, 0) is 13.6 Å². The van der Waals surface area contributed by atoms with Gasteiger partial charge in [-0.1, -0.05) is 30.3 Å². The van der Waals surface area contributed by atoms with Crippen LogP contribution >= 0.6 is 0 Å². The minimum absolute atomic E-state index is 0.0410. The number of nitroso groups, excluding NO2 is 1. The lowest BCUT2D eigenvalue weighted by molar-refractivity contribution is -0.523. The van der Waals surface area contributed by atoms with Crippen LogP contribution in [0.15, 0.2) is 65.4 Å². The summed E-state index contributed by atoms with van der Waals surface area (Å²) in [7, 11) is 1.86. The molecule has 3 aromatic heterocycles. The third-order valence-electron chi connectivity index (χ3n) is 5.81. The van der Waals surface area contributed by atoms with Crippen LogP contribution in [0.4, 0.5) is 5.95 Å². The van der Waals surface area contributed by atoms with E-state index in [2.05, 4.69) is 15.1 Å². The second kappa shape index (κ2) is 7.66. The normalized spacial score (nSPS) is 16.2. The second-order valence-corrected chi connectivity index (χ2v) is 8.09. The van der Waals surface area contributed by atoms with Crippen molar-refractivity contribution < 1.29 is 4.76 Å². The Hall–Kier alpha value is -4.34. The molecule has 1 aromatic carbocycles. The predicted molar refractivity (Wildman–Crippen MR) is 124 cm³/mol. The smallest absolute Gasteiger partial charge is 0.353 e. The molecule has 1 aliphatic heterocycles. The minimum Gasteiger partial charge on any atom is -0.369 e. The van der Waals surface area contributed by atoms with E-state index in [0.717, 1.165) is 15.9 Å². The number of hydrogen-bond donors (Lipinski definition) is 1. The molecule has 1 aliphatic rings. The van der Waals surface area contributed by atoms with E-state index in [1.165, 1.54) is 9.08 Å². The molecule has 166 valence electrons. The first-order valence-electron chi connectivity index (χ1n) is 10.5. The maximum Gasteiger partial charge on any atom is 0.353 e. The van der Waals surface area contributed by atoms with Crippen molar-refractivity contribution >= 4 is 17.2 Å². The molecule has 4 heterocycles. The summed E-state index contributed by atoms with van der Waals surface area (Å²) in [6.07, 6.45) is 7.11. The number of nitrogen functional groups attached to an aromatic ring is 1. The van der Waals surface area contributed by atoms with Gasteiger partial charge in [0.15, 0.2) is 5.65 Å². The van der Waals surface area contributed by atoms with Gasteiger partial charge in [-0.15, -0.1) is 5.10 Å². The van der Waals surface area contributed by atoms with E-state index in [-0.39, 0.29) is 18.5 Å². The summed E-state index contributed by atoms with van der Waals surface area (Å²) < 4.78 is 5.41. The molecule has 10 heteroatoms. The molecule has 0 saturated carbocycles. The second-order valence-electron chi connectivity index (χ2n) is 8.09. The average molecular weight is 443 g/mol. The topological polar surface area (TPSA) is 116 Å². The number of hydrogen-bond acceptors (Lipinski definition) is 6. The number of allylic oxidation sites excluding steroid dienone is 3. The first kappa shape index (κ1) is 20.6. The molecule has 1 unspecified atom stereocenters. The Bertz CT molecular complexity index is 1520. The summed E-state index contributed by atoms with van der Waals surface area (Å²) in [5.41, 5.74) is 9.63. The van der Waals surface area contributed by atoms with Crippen molar-refractivity contribution in [3.05, 3.63) is 87.4 Å². The highest BCUT2D eigenvalue weighted by molar-refractivity contribution is 5.91. The van der Waals surface area contributed by atoms with Gasteiger partial charge in [-0.05, 0) is 11.6 Å². The van der Waals surface area contributed by atoms with E-state index in [9.17, 15) is 9.70 Å². The molecule has 10 nitrogen and oxygen atoms in total. The summed E-state index contributed by atoms with van der Waals surface area (Å²) in [6, 6.07) is 9.20. The molecule has 0 fully saturated rings. The molecule has 0 radical (unpaired) electrons. The van der Waals surface area contributed by atoms with E-state index in [0.29, 0.717) is 28.4 Å². The SMILES string of the molecule is CC1=CC(c2c(-c3ccccc3)nc(N)n3c(=O)n(Cc4nccn4C)nc23)=CC(C)[N+]1=O. The number of aromatic nitrogens is 6. The Kier molecular flexibility index (Phi) is 4.77. The standard InChI is InChI=1S/C23H23N8O2/c1-14-11-17(12-15(2)31(14)33)19-20(16-7-5-4-6-8-16)26-22(24)30-21(19)27-29(23(30)32)13-18-25-9-10-28(18)3/h4-12,14H,13H2,1-3H3,(H2,24,26)/q+1. The summed E-state index contributed by atoms with van der Waals surface area (Å²) in [5.74, 6) is 0.722. The van der Waals surface area contributed by atoms with Gasteiger partial charge in [0.05, 0.1) is 11.3 Å². The Morgan fingerprint density at radius 1 is 1.21 bits per heavy atom. The fourth-order valence-electron chi connectivity index (χ4n) is 4.10. The fourth-order valence-corrected chi connectivity index (χ4v) is 4.10. The Morgan fingerprint density at radius 2 is 1.97 bits per heavy atom. The summed E-state index contributed by atoms with van der Waals surface area (Å²) in [4.78, 5) is 34.5. The number of fused-ring (bicyclic) bond motifs is 1. The van der Waals surface area contributed by atoms with E-state index < -0.39 is 5.69 Å². The molecule has 0 amide bonds. The lowest BCUT2D eigenvalue weighted by Crippen LogP contribution is -2.25. The molecular weight excluding hydrogens is 420 g/mol. The zero-order valence-corrected chi connectivity index (χ0v) is 18.5. The third-order valence-corrected chi connectivity index (χ3v) is 5.81. The van der Waals surface area contributed by atoms with Crippen molar-refractivity contribution in [2.45, 2.75) is 26.4 Å². The molecule has 0 spiro atoms. The van der Waals surface area contributed by atoms with E-state index in [1.54, 1.807) is 19.2 Å². The van der Waals surface area contributed by atoms with Crippen molar-refractivity contribution in [3.8, 4) is 11.3 Å². The third kappa shape index (κ3) is 3.36. The number of anilines is 1. The van der Waals surface area contributed by atoms with Crippen LogP contribution < -0.4 is 11.4 Å². The number of rotatable bonds is 4. The molecule has 0 saturated heterocycles. The minimum atomic E-state index is -0.408. The van der Waals surface area contributed by atoms with Crippen LogP contribution in [-0.4, -0.2) is 39.5 Å². The van der Waals surface area contributed by atoms with Crippen LogP contribution in [0.3, 0.4) is 0 Å². The number of benzene rings is 1. The lowest BCUT2D eigenvalue weighted by atomic mass is 9.95. The van der Waals surface area contributed by atoms with Gasteiger partial charge in [0.25, 0.3) is 0 Å². The van der Waals surface area contributed by atoms with Crippen molar-refractivity contribution in [3.63, 3.8) is 0 Å². The van der Waals surface area contributed by atoms with Crippen molar-refractivity contribution in [2.24, 2.45) is 7.05 Å². The Labute approximate surface area is 188 Å². The highest BCUT2D eigenvalue weighted by Crippen LogP contribution is 2.34. The van der Waals surface area contributed by atoms with E-state index >= 15 is 0 Å². The van der Waals surface area contributed by atoms with E-state index in [1.807, 2.05) is 61.1 Å². The van der Waals surface area contributed by atoms with Gasteiger partial charge in [0.1, 0.15) is 12.4 Å². The summed E-state index contributed by atoms with van der Waals surface area (Å²) in [6.45, 7) is 3.76. The zero-order chi connectivity index (χ0) is 23.3. The van der Waals surface area contributed by atoms with Gasteiger partial charge in [-0.25, -0.2) is 23.8 Å². The maximum absolute atomic E-state index is 13.3. The quantitative estimate of drug-likeness (QED) is 0.484. The molecule has 0 bridgehead atoms. The van der Waals surface area contributed by atoms with Crippen LogP contribution in [0.25, 0.3) is 22.5 Å². The van der Waals surface area contributed by atoms with Crippen molar-refractivity contribution in [1.29, 1.82) is 0 Å². The van der Waals surface area contributed by atoms with Crippen LogP contribution in [0, 0.1) is 4.91 Å². The fraction of sp³-hybridized carbons (Fsp3) is 0.217. The van der Waals surface area contributed by atoms with Gasteiger partial charge in [0.2, 0.25) is 17.7 Å². The molecule has 0 aliphatic carbocycles. The molecule has 1 atom stereocenters. The van der Waals surface area contributed by atoms with E-state index in [4.69, 9.17) is 5.73 Å². The van der Waals surface area contributed by atoms with Gasteiger partial charge in [-0.3, -0.25) is 0 Å². The summed E-state index contributed by atoms with van der Waals surface area (Å²) in [5, 5.41) is 4.65. The molecule has 5 rings (SSSR count). The zero-order valence-electron chi connectivity index (χ0n) is 18.5. The summed E-state index contributed by atoms with van der Waals surface area (Å²) >= 11 is 0. The lowest BCUT2D eigenvalue weighted by Gasteiger charge is -2.15. The molecule has 33 heavy (non-hydrogen) atoms. The van der Waals surface area contributed by atoms with Crippen molar-refractivity contribution in [1.82, 2.24) is 28.7 Å². The molecule has 2 N–H and O–H groups in total. The predicted octanol–water partition coefficient (Wildman–Crippen LogP) is 2.39. The Morgan fingerprint density at radius 3 is 2.64 bits per heavy atom. The highest BCUT2D eigenvalue weighted by atomic mass is 16.3. The number of aryl methyl sites for hydroxylation is 1. The van der Waals surface area contributed by atoms with Gasteiger partial charge in [-0.2, -0.15) is 0 Å². The average Bonchev–Trinajstić information content (AvgIpc) is 3.35. The van der Waals surface area contributed by atoms with Crippen LogP contribution in [0.1, 0.15) is 25.2 Å². The number of imidazole rings is 1.